The molecule has 1 aromatic carbocycles. The molecule has 0 radical (unpaired) electrons. The topological polar surface area (TPSA) is 45.6 Å². The minimum absolute atomic E-state index is 0.183. The van der Waals surface area contributed by atoms with Gasteiger partial charge in [-0.1, -0.05) is 23.2 Å². The molecule has 0 amide bonds. The van der Waals surface area contributed by atoms with Crippen molar-refractivity contribution in [1.82, 2.24) is 9.88 Å². The Kier molecular flexibility index (Phi) is 6.92. The number of halogens is 2. The summed E-state index contributed by atoms with van der Waals surface area (Å²) in [5, 5.41) is 14.1. The van der Waals surface area contributed by atoms with Crippen molar-refractivity contribution in [2.45, 2.75) is 12.5 Å². The van der Waals surface area contributed by atoms with Crippen LogP contribution in [-0.2, 0) is 6.42 Å². The molecule has 2 rings (SSSR count). The third-order valence-electron chi connectivity index (χ3n) is 3.04. The van der Waals surface area contributed by atoms with Crippen molar-refractivity contribution in [3.8, 4) is 5.75 Å². The van der Waals surface area contributed by atoms with Crippen LogP contribution in [0.25, 0.3) is 0 Å². The number of aliphatic hydroxyl groups is 1. The molecule has 120 valence electrons. The molecular formula is C15H18Cl2N2O2S. The van der Waals surface area contributed by atoms with Crippen molar-refractivity contribution in [2.24, 2.45) is 0 Å². The van der Waals surface area contributed by atoms with Gasteiger partial charge in [0.1, 0.15) is 18.5 Å². The number of nitrogens with zero attached hydrogens (tertiary/aromatic N) is 2. The first-order chi connectivity index (χ1) is 10.5. The Morgan fingerprint density at radius 2 is 2.23 bits per heavy atom. The fourth-order valence-electron chi connectivity index (χ4n) is 1.94. The highest BCUT2D eigenvalue weighted by molar-refractivity contribution is 7.09. The standard InChI is InChI=1S/C15H18Cl2N2O2S/c1-19(6-4-15-18-5-7-22-15)9-12(20)10-21-14-3-2-11(16)8-13(14)17/h2-3,5,7-8,12,20H,4,6,9-10H2,1H3. The first kappa shape index (κ1) is 17.5. The smallest absolute Gasteiger partial charge is 0.138 e. The summed E-state index contributed by atoms with van der Waals surface area (Å²) < 4.78 is 5.53. The van der Waals surface area contributed by atoms with Crippen molar-refractivity contribution < 1.29 is 9.84 Å². The number of rotatable bonds is 8. The fourth-order valence-corrected chi connectivity index (χ4v) is 3.02. The maximum absolute atomic E-state index is 10.0. The maximum atomic E-state index is 10.0. The number of aromatic nitrogens is 1. The molecule has 1 N–H and O–H groups in total. The highest BCUT2D eigenvalue weighted by Gasteiger charge is 2.11. The molecule has 0 spiro atoms. The molecule has 1 unspecified atom stereocenters. The maximum Gasteiger partial charge on any atom is 0.138 e. The van der Waals surface area contributed by atoms with E-state index in [9.17, 15) is 5.11 Å². The Bertz CT molecular complexity index is 581. The second-order valence-corrected chi connectivity index (χ2v) is 6.80. The van der Waals surface area contributed by atoms with E-state index in [1.807, 2.05) is 12.4 Å². The van der Waals surface area contributed by atoms with E-state index in [0.717, 1.165) is 18.0 Å². The first-order valence-corrected chi connectivity index (χ1v) is 8.51. The molecule has 4 nitrogen and oxygen atoms in total. The molecule has 1 aromatic heterocycles. The molecule has 0 bridgehead atoms. The van der Waals surface area contributed by atoms with Crippen molar-refractivity contribution >= 4 is 34.5 Å². The van der Waals surface area contributed by atoms with E-state index in [2.05, 4.69) is 9.88 Å². The lowest BCUT2D eigenvalue weighted by atomic mass is 10.3. The average molecular weight is 361 g/mol. The van der Waals surface area contributed by atoms with Crippen LogP contribution in [0.3, 0.4) is 0 Å². The van der Waals surface area contributed by atoms with Crippen LogP contribution in [0.5, 0.6) is 5.75 Å². The summed E-state index contributed by atoms with van der Waals surface area (Å²) in [4.78, 5) is 6.29. The van der Waals surface area contributed by atoms with Gasteiger partial charge in [-0.2, -0.15) is 0 Å². The van der Waals surface area contributed by atoms with Gasteiger partial charge in [-0.05, 0) is 25.2 Å². The number of aliphatic hydroxyl groups excluding tert-OH is 1. The number of ether oxygens (including phenoxy) is 1. The van der Waals surface area contributed by atoms with Gasteiger partial charge in [0.25, 0.3) is 0 Å². The summed E-state index contributed by atoms with van der Waals surface area (Å²) in [6.07, 6.45) is 2.09. The second kappa shape index (κ2) is 8.70. The van der Waals surface area contributed by atoms with Crippen LogP contribution in [0.15, 0.2) is 29.8 Å². The van der Waals surface area contributed by atoms with Crippen molar-refractivity contribution in [3.05, 3.63) is 44.8 Å². The lowest BCUT2D eigenvalue weighted by Gasteiger charge is -2.20. The zero-order valence-corrected chi connectivity index (χ0v) is 14.5. The summed E-state index contributed by atoms with van der Waals surface area (Å²) >= 11 is 13.5. The van der Waals surface area contributed by atoms with Crippen LogP contribution in [0, 0.1) is 0 Å². The van der Waals surface area contributed by atoms with E-state index in [1.165, 1.54) is 0 Å². The summed E-state index contributed by atoms with van der Waals surface area (Å²) in [5.74, 6) is 0.524. The Morgan fingerprint density at radius 1 is 1.41 bits per heavy atom. The Hall–Kier alpha value is -0.850. The van der Waals surface area contributed by atoms with Crippen LogP contribution in [-0.4, -0.2) is 47.8 Å². The van der Waals surface area contributed by atoms with Crippen LogP contribution in [0.1, 0.15) is 5.01 Å². The number of hydrogen-bond donors (Lipinski definition) is 1. The molecule has 0 fully saturated rings. The molecular weight excluding hydrogens is 343 g/mol. The van der Waals surface area contributed by atoms with E-state index in [0.29, 0.717) is 22.3 Å². The SMILES string of the molecule is CN(CCc1nccs1)CC(O)COc1ccc(Cl)cc1Cl. The van der Waals surface area contributed by atoms with Crippen LogP contribution in [0.2, 0.25) is 10.0 Å². The van der Waals surface area contributed by atoms with Crippen LogP contribution >= 0.6 is 34.5 Å². The molecule has 0 aliphatic heterocycles. The van der Waals surface area contributed by atoms with Gasteiger partial charge in [0.15, 0.2) is 0 Å². The van der Waals surface area contributed by atoms with Gasteiger partial charge in [-0.3, -0.25) is 0 Å². The molecule has 1 heterocycles. The lowest BCUT2D eigenvalue weighted by molar-refractivity contribution is 0.0767. The predicted molar refractivity (Wildman–Crippen MR) is 91.3 cm³/mol. The van der Waals surface area contributed by atoms with Crippen molar-refractivity contribution in [2.75, 3.05) is 26.7 Å². The van der Waals surface area contributed by atoms with Crippen LogP contribution in [0.4, 0.5) is 0 Å². The van der Waals surface area contributed by atoms with Crippen molar-refractivity contribution in [1.29, 1.82) is 0 Å². The van der Waals surface area contributed by atoms with E-state index in [4.69, 9.17) is 27.9 Å². The highest BCUT2D eigenvalue weighted by atomic mass is 35.5. The monoisotopic (exact) mass is 360 g/mol. The van der Waals surface area contributed by atoms with Gasteiger partial charge in [0.05, 0.1) is 10.0 Å². The lowest BCUT2D eigenvalue weighted by Crippen LogP contribution is -2.34. The van der Waals surface area contributed by atoms with E-state index < -0.39 is 6.10 Å². The minimum atomic E-state index is -0.590. The van der Waals surface area contributed by atoms with Crippen LogP contribution < -0.4 is 4.74 Å². The quantitative estimate of drug-likeness (QED) is 0.783. The number of benzene rings is 1. The van der Waals surface area contributed by atoms with Gasteiger partial charge >= 0.3 is 0 Å². The van der Waals surface area contributed by atoms with Gasteiger partial charge in [0.2, 0.25) is 0 Å². The molecule has 0 saturated carbocycles. The first-order valence-electron chi connectivity index (χ1n) is 6.87. The molecule has 7 heteroatoms. The van der Waals surface area contributed by atoms with Gasteiger partial charge < -0.3 is 14.7 Å². The number of likely N-dealkylation sites (N-methyl/N-ethyl adjacent to an activating group) is 1. The molecule has 0 saturated heterocycles. The number of thiazole rings is 1. The molecule has 1 atom stereocenters. The third-order valence-corrected chi connectivity index (χ3v) is 4.41. The van der Waals surface area contributed by atoms with E-state index in [-0.39, 0.29) is 6.61 Å². The molecule has 0 aliphatic rings. The van der Waals surface area contributed by atoms with Gasteiger partial charge in [-0.25, -0.2) is 4.98 Å². The zero-order valence-electron chi connectivity index (χ0n) is 12.2. The Labute approximate surface area is 144 Å². The van der Waals surface area contributed by atoms with Crippen molar-refractivity contribution in [3.63, 3.8) is 0 Å². The largest absolute Gasteiger partial charge is 0.489 e. The van der Waals surface area contributed by atoms with Gasteiger partial charge in [-0.15, -0.1) is 11.3 Å². The molecule has 0 aliphatic carbocycles. The zero-order chi connectivity index (χ0) is 15.9. The Morgan fingerprint density at radius 3 is 2.91 bits per heavy atom. The normalized spacial score (nSPS) is 12.6. The van der Waals surface area contributed by atoms with Gasteiger partial charge in [0, 0.05) is 36.1 Å². The highest BCUT2D eigenvalue weighted by Crippen LogP contribution is 2.27. The fraction of sp³-hybridized carbons (Fsp3) is 0.400. The van der Waals surface area contributed by atoms with E-state index in [1.54, 1.807) is 35.7 Å². The second-order valence-electron chi connectivity index (χ2n) is 4.98. The minimum Gasteiger partial charge on any atom is -0.489 e. The summed E-state index contributed by atoms with van der Waals surface area (Å²) in [6.45, 7) is 1.55. The summed E-state index contributed by atoms with van der Waals surface area (Å²) in [7, 11) is 1.96. The Balaban J connectivity index is 1.71. The third kappa shape index (κ3) is 5.74. The average Bonchev–Trinajstić information content (AvgIpc) is 2.97. The molecule has 2 aromatic rings. The summed E-state index contributed by atoms with van der Waals surface area (Å²) in [6, 6.07) is 5.02. The molecule has 22 heavy (non-hydrogen) atoms. The number of hydrogen-bond acceptors (Lipinski definition) is 5. The summed E-state index contributed by atoms with van der Waals surface area (Å²) in [5.41, 5.74) is 0. The predicted octanol–water partition coefficient (Wildman–Crippen LogP) is 3.36. The van der Waals surface area contributed by atoms with E-state index >= 15 is 0 Å².